The molecule has 0 aliphatic rings. The average molecular weight is 464 g/mol. The summed E-state index contributed by atoms with van der Waals surface area (Å²) in [5.41, 5.74) is 10.7. The van der Waals surface area contributed by atoms with Gasteiger partial charge in [-0.1, -0.05) is 30.1 Å². The van der Waals surface area contributed by atoms with E-state index in [1.54, 1.807) is 6.07 Å². The van der Waals surface area contributed by atoms with Crippen LogP contribution in [0.1, 0.15) is 25.2 Å². The van der Waals surface area contributed by atoms with Crippen molar-refractivity contribution in [2.45, 2.75) is 19.4 Å². The zero-order chi connectivity index (χ0) is 22.3. The monoisotopic (exact) mass is 463 g/mol. The molecule has 0 bridgehead atoms. The second kappa shape index (κ2) is 8.00. The minimum absolute atomic E-state index is 0.0122. The first-order valence-corrected chi connectivity index (χ1v) is 9.82. The molecule has 0 amide bonds. The van der Waals surface area contributed by atoms with E-state index < -0.39 is 17.4 Å². The van der Waals surface area contributed by atoms with Crippen LogP contribution in [0.4, 0.5) is 22.0 Å². The summed E-state index contributed by atoms with van der Waals surface area (Å²) in [7, 11) is 0. The summed E-state index contributed by atoms with van der Waals surface area (Å²) >= 11 is 12.4. The molecule has 0 aliphatic carbocycles. The molecule has 0 aliphatic heterocycles. The number of hydrogen-bond donors (Lipinski definition) is 4. The van der Waals surface area contributed by atoms with Gasteiger partial charge in [-0.25, -0.2) is 13.9 Å². The van der Waals surface area contributed by atoms with Crippen molar-refractivity contribution >= 4 is 51.7 Å². The Balaban J connectivity index is 1.98. The van der Waals surface area contributed by atoms with Gasteiger partial charge in [0, 0.05) is 6.07 Å². The van der Waals surface area contributed by atoms with E-state index in [2.05, 4.69) is 30.5 Å². The number of nitrogens with one attached hydrogen (secondary N) is 2. The van der Waals surface area contributed by atoms with Crippen LogP contribution in [-0.2, 0) is 0 Å². The summed E-state index contributed by atoms with van der Waals surface area (Å²) in [4.78, 5) is 25.7. The van der Waals surface area contributed by atoms with Gasteiger partial charge in [-0.2, -0.15) is 15.1 Å². The highest BCUT2D eigenvalue weighted by Crippen LogP contribution is 2.31. The molecule has 0 fully saturated rings. The largest absolute Gasteiger partial charge is 0.382 e. The molecule has 13 heteroatoms. The Morgan fingerprint density at radius 1 is 1.23 bits per heavy atom. The molecular formula is C18H16Cl2FN9O. The third-order valence-electron chi connectivity index (χ3n) is 4.60. The lowest BCUT2D eigenvalue weighted by Crippen LogP contribution is -2.29. The number of hydrogen-bond acceptors (Lipinski definition) is 8. The number of nitrogen functional groups attached to an aromatic ring is 2. The molecule has 10 nitrogen and oxygen atoms in total. The van der Waals surface area contributed by atoms with Crippen LogP contribution in [0.5, 0.6) is 0 Å². The van der Waals surface area contributed by atoms with Gasteiger partial charge < -0.3 is 16.8 Å². The topological polar surface area (TPSA) is 153 Å². The zero-order valence-corrected chi connectivity index (χ0v) is 17.5. The SMILES string of the molecule is CCC(Nc1nc(N)nc(N)c1Cl)c1nc2c(F)ccc(Cl)c2c(=O)n1-c1ccn[nH]1. The standard InChI is InChI=1S/C18H16Cl2FN9O/c1-2-9(25-15-12(20)14(22)27-18(23)28-15)16-26-13-8(21)4-3-7(19)11(13)17(31)30(16)10-5-6-24-29-10/h3-6,9H,2H2,1H3,(H,24,29)(H5,22,23,25,27,28). The number of rotatable bonds is 5. The second-order valence-corrected chi connectivity index (χ2v) is 7.33. The molecule has 3 aromatic heterocycles. The highest BCUT2D eigenvalue weighted by Gasteiger charge is 2.24. The number of aromatic nitrogens is 6. The lowest BCUT2D eigenvalue weighted by Gasteiger charge is -2.22. The van der Waals surface area contributed by atoms with Crippen LogP contribution >= 0.6 is 23.2 Å². The van der Waals surface area contributed by atoms with Crippen molar-refractivity contribution in [1.82, 2.24) is 29.7 Å². The summed E-state index contributed by atoms with van der Waals surface area (Å²) in [6, 6.07) is 3.39. The molecule has 4 rings (SSSR count). The van der Waals surface area contributed by atoms with E-state index >= 15 is 0 Å². The molecule has 1 aromatic carbocycles. The lowest BCUT2D eigenvalue weighted by atomic mass is 10.1. The first-order chi connectivity index (χ1) is 14.8. The number of nitrogens with two attached hydrogens (primary N) is 2. The molecule has 0 spiro atoms. The van der Waals surface area contributed by atoms with Crippen LogP contribution in [0.25, 0.3) is 16.7 Å². The Labute approximate surface area is 184 Å². The number of nitrogens with zero attached hydrogens (tertiary/aromatic N) is 5. The fourth-order valence-electron chi connectivity index (χ4n) is 3.17. The zero-order valence-electron chi connectivity index (χ0n) is 16.0. The number of anilines is 3. The predicted octanol–water partition coefficient (Wildman–Crippen LogP) is 3.07. The van der Waals surface area contributed by atoms with Crippen molar-refractivity contribution in [2.75, 3.05) is 16.8 Å². The minimum atomic E-state index is -0.682. The average Bonchev–Trinajstić information content (AvgIpc) is 3.26. The quantitative estimate of drug-likeness (QED) is 0.352. The predicted molar refractivity (Wildman–Crippen MR) is 117 cm³/mol. The van der Waals surface area contributed by atoms with Crippen molar-refractivity contribution in [3.05, 3.63) is 56.4 Å². The number of benzene rings is 1. The molecule has 0 saturated heterocycles. The molecule has 1 unspecified atom stereocenters. The summed E-state index contributed by atoms with van der Waals surface area (Å²) in [5.74, 6) is -0.134. The van der Waals surface area contributed by atoms with Crippen LogP contribution in [-0.4, -0.2) is 29.7 Å². The summed E-state index contributed by atoms with van der Waals surface area (Å²) < 4.78 is 15.8. The van der Waals surface area contributed by atoms with Crippen molar-refractivity contribution in [3.63, 3.8) is 0 Å². The Morgan fingerprint density at radius 3 is 2.68 bits per heavy atom. The first kappa shape index (κ1) is 20.8. The maximum atomic E-state index is 14.6. The first-order valence-electron chi connectivity index (χ1n) is 9.07. The maximum absolute atomic E-state index is 14.6. The smallest absolute Gasteiger partial charge is 0.268 e. The Morgan fingerprint density at radius 2 is 2.00 bits per heavy atom. The minimum Gasteiger partial charge on any atom is -0.382 e. The van der Waals surface area contributed by atoms with Crippen LogP contribution in [0.15, 0.2) is 29.2 Å². The van der Waals surface area contributed by atoms with Crippen molar-refractivity contribution < 1.29 is 4.39 Å². The van der Waals surface area contributed by atoms with Gasteiger partial charge >= 0.3 is 0 Å². The van der Waals surface area contributed by atoms with Gasteiger partial charge in [0.05, 0.1) is 22.6 Å². The molecule has 6 N–H and O–H groups in total. The third kappa shape index (κ3) is 3.62. The van der Waals surface area contributed by atoms with E-state index in [9.17, 15) is 9.18 Å². The summed E-state index contributed by atoms with van der Waals surface area (Å²) in [6.07, 6.45) is 1.88. The third-order valence-corrected chi connectivity index (χ3v) is 5.29. The van der Waals surface area contributed by atoms with E-state index in [0.717, 1.165) is 6.07 Å². The Hall–Kier alpha value is -3.44. The highest BCUT2D eigenvalue weighted by atomic mass is 35.5. The van der Waals surface area contributed by atoms with Gasteiger partial charge in [0.15, 0.2) is 5.82 Å². The Bertz CT molecular complexity index is 1340. The number of fused-ring (bicyclic) bond motifs is 1. The van der Waals surface area contributed by atoms with Crippen molar-refractivity contribution in [1.29, 1.82) is 0 Å². The Kier molecular flexibility index (Phi) is 5.38. The van der Waals surface area contributed by atoms with E-state index in [4.69, 9.17) is 34.7 Å². The molecule has 31 heavy (non-hydrogen) atoms. The number of aromatic amines is 1. The van der Waals surface area contributed by atoms with Gasteiger partial charge in [0.25, 0.3) is 5.56 Å². The van der Waals surface area contributed by atoms with Gasteiger partial charge in [-0.3, -0.25) is 9.89 Å². The lowest BCUT2D eigenvalue weighted by molar-refractivity contribution is 0.623. The van der Waals surface area contributed by atoms with Gasteiger partial charge in [-0.15, -0.1) is 0 Å². The fraction of sp³-hybridized carbons (Fsp3) is 0.167. The fourth-order valence-corrected chi connectivity index (χ4v) is 3.54. The second-order valence-electron chi connectivity index (χ2n) is 6.54. The van der Waals surface area contributed by atoms with Crippen molar-refractivity contribution in [2.24, 2.45) is 0 Å². The van der Waals surface area contributed by atoms with Crippen LogP contribution < -0.4 is 22.3 Å². The van der Waals surface area contributed by atoms with Gasteiger partial charge in [0.2, 0.25) is 5.95 Å². The van der Waals surface area contributed by atoms with E-state index in [1.807, 2.05) is 6.92 Å². The van der Waals surface area contributed by atoms with Crippen LogP contribution in [0.3, 0.4) is 0 Å². The number of halogens is 3. The van der Waals surface area contributed by atoms with E-state index in [0.29, 0.717) is 12.2 Å². The highest BCUT2D eigenvalue weighted by molar-refractivity contribution is 6.35. The normalized spacial score (nSPS) is 12.3. The maximum Gasteiger partial charge on any atom is 0.268 e. The van der Waals surface area contributed by atoms with E-state index in [-0.39, 0.29) is 44.4 Å². The molecule has 160 valence electrons. The molecule has 0 radical (unpaired) electrons. The van der Waals surface area contributed by atoms with Gasteiger partial charge in [-0.05, 0) is 18.6 Å². The molecule has 3 heterocycles. The summed E-state index contributed by atoms with van der Waals surface area (Å²) in [5, 5.41) is 9.76. The molecule has 1 atom stereocenters. The van der Waals surface area contributed by atoms with E-state index in [1.165, 1.54) is 16.8 Å². The number of H-pyrrole nitrogens is 1. The molecule has 0 saturated carbocycles. The van der Waals surface area contributed by atoms with Crippen LogP contribution in [0.2, 0.25) is 10.0 Å². The van der Waals surface area contributed by atoms with Crippen molar-refractivity contribution in [3.8, 4) is 5.82 Å². The van der Waals surface area contributed by atoms with Crippen LogP contribution in [0, 0.1) is 5.82 Å². The summed E-state index contributed by atoms with van der Waals surface area (Å²) in [6.45, 7) is 1.83. The molecular weight excluding hydrogens is 448 g/mol. The van der Waals surface area contributed by atoms with Gasteiger partial charge in [0.1, 0.15) is 33.8 Å². The molecule has 4 aromatic rings.